The van der Waals surface area contributed by atoms with Crippen molar-refractivity contribution in [3.8, 4) is 0 Å². The van der Waals surface area contributed by atoms with Crippen LogP contribution in [0, 0.1) is 5.92 Å². The average molecular weight is 268 g/mol. The Bertz CT molecular complexity index is 251. The van der Waals surface area contributed by atoms with Crippen molar-refractivity contribution in [1.82, 2.24) is 10.2 Å². The Balaban J connectivity index is 1.73. The van der Waals surface area contributed by atoms with E-state index in [1.54, 1.807) is 0 Å². The molecular weight excluding hydrogens is 236 g/mol. The first-order chi connectivity index (χ1) is 9.15. The molecular formula is C16H32N2O. The molecule has 0 amide bonds. The quantitative estimate of drug-likeness (QED) is 0.829. The lowest BCUT2D eigenvalue weighted by Crippen LogP contribution is -2.56. The van der Waals surface area contributed by atoms with Gasteiger partial charge in [0, 0.05) is 38.3 Å². The first kappa shape index (κ1) is 15.3. The fourth-order valence-electron chi connectivity index (χ4n) is 3.38. The van der Waals surface area contributed by atoms with Crippen LogP contribution in [0.15, 0.2) is 0 Å². The van der Waals surface area contributed by atoms with Gasteiger partial charge in [0.15, 0.2) is 0 Å². The molecule has 2 fully saturated rings. The lowest BCUT2D eigenvalue weighted by molar-refractivity contribution is 0.000328. The number of nitrogens with one attached hydrogen (secondary N) is 1. The highest BCUT2D eigenvalue weighted by Crippen LogP contribution is 2.18. The Labute approximate surface area is 119 Å². The molecule has 2 rings (SSSR count). The van der Waals surface area contributed by atoms with Gasteiger partial charge in [-0.15, -0.1) is 0 Å². The number of hydrogen-bond donors (Lipinski definition) is 1. The van der Waals surface area contributed by atoms with E-state index in [2.05, 4.69) is 31.0 Å². The molecule has 2 aliphatic heterocycles. The van der Waals surface area contributed by atoms with Crippen LogP contribution in [0.25, 0.3) is 0 Å². The van der Waals surface area contributed by atoms with Crippen LogP contribution in [0.2, 0.25) is 0 Å². The van der Waals surface area contributed by atoms with Crippen LogP contribution in [-0.2, 0) is 4.74 Å². The van der Waals surface area contributed by atoms with Gasteiger partial charge >= 0.3 is 0 Å². The van der Waals surface area contributed by atoms with Crippen molar-refractivity contribution in [1.29, 1.82) is 0 Å². The summed E-state index contributed by atoms with van der Waals surface area (Å²) in [5.74, 6) is 0.787. The molecule has 2 aliphatic rings. The zero-order valence-electron chi connectivity index (χ0n) is 13.0. The van der Waals surface area contributed by atoms with Gasteiger partial charge in [-0.2, -0.15) is 0 Å². The third kappa shape index (κ3) is 5.05. The molecule has 2 heterocycles. The highest BCUT2D eigenvalue weighted by atomic mass is 16.5. The third-order valence-corrected chi connectivity index (χ3v) is 4.55. The molecule has 3 nitrogen and oxygen atoms in total. The number of ether oxygens (including phenoxy) is 1. The molecule has 19 heavy (non-hydrogen) atoms. The van der Waals surface area contributed by atoms with Crippen molar-refractivity contribution in [3.05, 3.63) is 0 Å². The normalized spacial score (nSPS) is 33.8. The van der Waals surface area contributed by atoms with E-state index >= 15 is 0 Å². The van der Waals surface area contributed by atoms with Crippen molar-refractivity contribution in [2.45, 2.75) is 71.1 Å². The van der Waals surface area contributed by atoms with Crippen LogP contribution in [0.5, 0.6) is 0 Å². The molecule has 0 aliphatic carbocycles. The van der Waals surface area contributed by atoms with Crippen LogP contribution >= 0.6 is 0 Å². The maximum Gasteiger partial charge on any atom is 0.0587 e. The topological polar surface area (TPSA) is 24.5 Å². The van der Waals surface area contributed by atoms with Gasteiger partial charge in [-0.3, -0.25) is 4.90 Å². The summed E-state index contributed by atoms with van der Waals surface area (Å²) in [4.78, 5) is 2.67. The lowest BCUT2D eigenvalue weighted by atomic mass is 9.99. The Morgan fingerprint density at radius 3 is 2.84 bits per heavy atom. The van der Waals surface area contributed by atoms with Crippen molar-refractivity contribution in [3.63, 3.8) is 0 Å². The van der Waals surface area contributed by atoms with Crippen LogP contribution in [0.4, 0.5) is 0 Å². The number of nitrogens with zero attached hydrogens (tertiary/aromatic N) is 1. The van der Waals surface area contributed by atoms with Gasteiger partial charge in [-0.05, 0) is 44.9 Å². The number of hydrogen-bond acceptors (Lipinski definition) is 3. The fraction of sp³-hybridized carbons (Fsp3) is 1.00. The summed E-state index contributed by atoms with van der Waals surface area (Å²) in [5, 5.41) is 3.70. The highest BCUT2D eigenvalue weighted by Gasteiger charge is 2.26. The molecule has 3 heteroatoms. The van der Waals surface area contributed by atoms with E-state index in [-0.39, 0.29) is 0 Å². The van der Waals surface area contributed by atoms with Gasteiger partial charge in [-0.1, -0.05) is 13.8 Å². The maximum absolute atomic E-state index is 5.85. The molecule has 2 saturated heterocycles. The SMILES string of the molecule is CC(C)CC1CN(CCC2CCCCO2)C(C)CN1. The van der Waals surface area contributed by atoms with E-state index in [1.807, 2.05) is 0 Å². The predicted molar refractivity (Wildman–Crippen MR) is 80.5 cm³/mol. The van der Waals surface area contributed by atoms with E-state index in [0.29, 0.717) is 18.2 Å². The minimum absolute atomic E-state index is 0.527. The summed E-state index contributed by atoms with van der Waals surface area (Å²) in [6.07, 6.45) is 6.94. The highest BCUT2D eigenvalue weighted by molar-refractivity contribution is 4.84. The van der Waals surface area contributed by atoms with Crippen molar-refractivity contribution < 1.29 is 4.74 Å². The summed E-state index contributed by atoms with van der Waals surface area (Å²) in [6.45, 7) is 11.5. The molecule has 1 N–H and O–H groups in total. The molecule has 0 aromatic rings. The van der Waals surface area contributed by atoms with E-state index < -0.39 is 0 Å². The number of rotatable bonds is 5. The summed E-state index contributed by atoms with van der Waals surface area (Å²) >= 11 is 0. The minimum atomic E-state index is 0.527. The van der Waals surface area contributed by atoms with Crippen molar-refractivity contribution in [2.24, 2.45) is 5.92 Å². The molecule has 0 radical (unpaired) electrons. The Morgan fingerprint density at radius 2 is 2.16 bits per heavy atom. The van der Waals surface area contributed by atoms with Crippen LogP contribution in [-0.4, -0.2) is 49.3 Å². The monoisotopic (exact) mass is 268 g/mol. The second kappa shape index (κ2) is 7.61. The van der Waals surface area contributed by atoms with Gasteiger partial charge in [0.1, 0.15) is 0 Å². The molecule has 0 saturated carbocycles. The summed E-state index contributed by atoms with van der Waals surface area (Å²) in [5.41, 5.74) is 0. The lowest BCUT2D eigenvalue weighted by Gasteiger charge is -2.40. The van der Waals surface area contributed by atoms with Crippen LogP contribution in [0.3, 0.4) is 0 Å². The van der Waals surface area contributed by atoms with E-state index in [4.69, 9.17) is 4.74 Å². The van der Waals surface area contributed by atoms with Crippen molar-refractivity contribution in [2.75, 3.05) is 26.2 Å². The van der Waals surface area contributed by atoms with E-state index in [0.717, 1.165) is 19.1 Å². The Morgan fingerprint density at radius 1 is 1.32 bits per heavy atom. The standard InChI is InChI=1S/C16H32N2O/c1-13(2)10-15-12-18(14(3)11-17-15)8-7-16-6-4-5-9-19-16/h13-17H,4-12H2,1-3H3. The van der Waals surface area contributed by atoms with Crippen LogP contribution < -0.4 is 5.32 Å². The first-order valence-electron chi connectivity index (χ1n) is 8.24. The average Bonchev–Trinajstić information content (AvgIpc) is 2.40. The molecule has 0 aromatic heterocycles. The maximum atomic E-state index is 5.85. The second-order valence-corrected chi connectivity index (χ2v) is 6.86. The van der Waals surface area contributed by atoms with Gasteiger partial charge < -0.3 is 10.1 Å². The molecule has 3 atom stereocenters. The van der Waals surface area contributed by atoms with Gasteiger partial charge in [-0.25, -0.2) is 0 Å². The van der Waals surface area contributed by atoms with E-state index in [9.17, 15) is 0 Å². The molecule has 112 valence electrons. The number of piperazine rings is 1. The van der Waals surface area contributed by atoms with Gasteiger partial charge in [0.2, 0.25) is 0 Å². The summed E-state index contributed by atoms with van der Waals surface area (Å²) < 4.78 is 5.85. The third-order valence-electron chi connectivity index (χ3n) is 4.55. The Hall–Kier alpha value is -0.120. The fourth-order valence-corrected chi connectivity index (χ4v) is 3.38. The Kier molecular flexibility index (Phi) is 6.11. The molecule has 0 spiro atoms. The molecule has 3 unspecified atom stereocenters. The first-order valence-corrected chi connectivity index (χ1v) is 8.24. The smallest absolute Gasteiger partial charge is 0.0587 e. The van der Waals surface area contributed by atoms with Crippen LogP contribution in [0.1, 0.15) is 52.9 Å². The van der Waals surface area contributed by atoms with E-state index in [1.165, 1.54) is 45.2 Å². The zero-order valence-corrected chi connectivity index (χ0v) is 13.0. The summed E-state index contributed by atoms with van der Waals surface area (Å²) in [7, 11) is 0. The zero-order chi connectivity index (χ0) is 13.7. The molecule has 0 aromatic carbocycles. The van der Waals surface area contributed by atoms with Gasteiger partial charge in [0.25, 0.3) is 0 Å². The molecule has 0 bridgehead atoms. The van der Waals surface area contributed by atoms with Gasteiger partial charge in [0.05, 0.1) is 6.10 Å². The summed E-state index contributed by atoms with van der Waals surface area (Å²) in [6, 6.07) is 1.36. The predicted octanol–water partition coefficient (Wildman–Crippen LogP) is 2.65. The second-order valence-electron chi connectivity index (χ2n) is 6.86. The largest absolute Gasteiger partial charge is 0.378 e. The minimum Gasteiger partial charge on any atom is -0.378 e. The van der Waals surface area contributed by atoms with Crippen molar-refractivity contribution >= 4 is 0 Å².